The van der Waals surface area contributed by atoms with Gasteiger partial charge >= 0.3 is 0 Å². The summed E-state index contributed by atoms with van der Waals surface area (Å²) >= 11 is 0. The SMILES string of the molecule is CCOc1ccc2nc(N3CCCC(C(=O)NCCCc4cccnc4)C3)nc(C)c2c1. The van der Waals surface area contributed by atoms with Crippen molar-refractivity contribution in [3.8, 4) is 5.75 Å². The van der Waals surface area contributed by atoms with Gasteiger partial charge in [-0.2, -0.15) is 0 Å². The first-order valence-electron chi connectivity index (χ1n) is 11.5. The molecule has 0 aliphatic carbocycles. The van der Waals surface area contributed by atoms with Gasteiger partial charge in [-0.3, -0.25) is 9.78 Å². The molecule has 2 aromatic heterocycles. The lowest BCUT2D eigenvalue weighted by atomic mass is 9.97. The maximum absolute atomic E-state index is 12.8. The summed E-state index contributed by atoms with van der Waals surface area (Å²) in [5.41, 5.74) is 3.02. The number of ether oxygens (including phenoxy) is 1. The van der Waals surface area contributed by atoms with Crippen LogP contribution in [0.5, 0.6) is 5.75 Å². The lowest BCUT2D eigenvalue weighted by Gasteiger charge is -2.32. The average molecular weight is 434 g/mol. The lowest BCUT2D eigenvalue weighted by molar-refractivity contribution is -0.125. The van der Waals surface area contributed by atoms with E-state index in [0.29, 0.717) is 25.6 Å². The van der Waals surface area contributed by atoms with Gasteiger partial charge in [-0.25, -0.2) is 9.97 Å². The molecule has 7 heteroatoms. The minimum atomic E-state index is -0.0397. The third kappa shape index (κ3) is 5.33. The number of pyridine rings is 1. The number of piperidine rings is 1. The molecule has 0 bridgehead atoms. The molecule has 0 spiro atoms. The molecular formula is C25H31N5O2. The van der Waals surface area contributed by atoms with Crippen LogP contribution in [0.25, 0.3) is 10.9 Å². The first-order chi connectivity index (χ1) is 15.6. The first kappa shape index (κ1) is 22.0. The molecular weight excluding hydrogens is 402 g/mol. The molecule has 1 aromatic carbocycles. The van der Waals surface area contributed by atoms with E-state index in [2.05, 4.69) is 21.3 Å². The Kier molecular flexibility index (Phi) is 7.14. The van der Waals surface area contributed by atoms with Crippen LogP contribution in [0.2, 0.25) is 0 Å². The standard InChI is InChI=1S/C25H31N5O2/c1-3-32-21-10-11-23-22(15-21)18(2)28-25(29-23)30-14-6-9-20(17-30)24(31)27-13-5-8-19-7-4-12-26-16-19/h4,7,10-12,15-16,20H,3,5-6,8-9,13-14,17H2,1-2H3,(H,27,31). The normalized spacial score (nSPS) is 16.2. The molecule has 1 unspecified atom stereocenters. The number of rotatable bonds is 8. The van der Waals surface area contributed by atoms with E-state index in [-0.39, 0.29) is 11.8 Å². The second kappa shape index (κ2) is 10.4. The number of nitrogens with zero attached hydrogens (tertiary/aromatic N) is 4. The Bertz CT molecular complexity index is 1060. The third-order valence-corrected chi connectivity index (χ3v) is 5.90. The molecule has 1 saturated heterocycles. The van der Waals surface area contributed by atoms with Crippen LogP contribution in [-0.2, 0) is 11.2 Å². The largest absolute Gasteiger partial charge is 0.494 e. The summed E-state index contributed by atoms with van der Waals surface area (Å²) in [6.07, 6.45) is 7.33. The van der Waals surface area contributed by atoms with Crippen LogP contribution in [0.1, 0.15) is 37.4 Å². The van der Waals surface area contributed by atoms with Crippen molar-refractivity contribution in [3.05, 3.63) is 54.0 Å². The maximum Gasteiger partial charge on any atom is 0.226 e. The predicted molar refractivity (Wildman–Crippen MR) is 126 cm³/mol. The van der Waals surface area contributed by atoms with Crippen LogP contribution in [-0.4, -0.2) is 47.1 Å². The van der Waals surface area contributed by atoms with Gasteiger partial charge in [0.05, 0.1) is 23.7 Å². The number of benzene rings is 1. The number of aryl methyl sites for hydroxylation is 2. The Morgan fingerprint density at radius 3 is 3.00 bits per heavy atom. The number of hydrogen-bond acceptors (Lipinski definition) is 6. The molecule has 1 amide bonds. The van der Waals surface area contributed by atoms with Gasteiger partial charge in [-0.1, -0.05) is 6.07 Å². The van der Waals surface area contributed by atoms with Crippen LogP contribution in [0.3, 0.4) is 0 Å². The summed E-state index contributed by atoms with van der Waals surface area (Å²) < 4.78 is 5.61. The Labute approximate surface area is 189 Å². The van der Waals surface area contributed by atoms with E-state index in [1.165, 1.54) is 5.56 Å². The highest BCUT2D eigenvalue weighted by atomic mass is 16.5. The van der Waals surface area contributed by atoms with Crippen molar-refractivity contribution in [2.75, 3.05) is 31.1 Å². The molecule has 7 nitrogen and oxygen atoms in total. The molecule has 0 saturated carbocycles. The molecule has 32 heavy (non-hydrogen) atoms. The number of anilines is 1. The van der Waals surface area contributed by atoms with Crippen molar-refractivity contribution in [2.24, 2.45) is 5.92 Å². The van der Waals surface area contributed by atoms with Crippen LogP contribution < -0.4 is 15.0 Å². The Morgan fingerprint density at radius 1 is 1.28 bits per heavy atom. The van der Waals surface area contributed by atoms with Gasteiger partial charge in [0.15, 0.2) is 0 Å². The Hall–Kier alpha value is -3.22. The number of carbonyl (C=O) groups excluding carboxylic acids is 1. The summed E-state index contributed by atoms with van der Waals surface area (Å²) in [6, 6.07) is 9.93. The molecule has 168 valence electrons. The van der Waals surface area contributed by atoms with Crippen LogP contribution >= 0.6 is 0 Å². The number of aromatic nitrogens is 3. The van der Waals surface area contributed by atoms with Crippen LogP contribution in [0.4, 0.5) is 5.95 Å². The average Bonchev–Trinajstić information content (AvgIpc) is 2.83. The quantitative estimate of drug-likeness (QED) is 0.546. The van der Waals surface area contributed by atoms with E-state index in [4.69, 9.17) is 14.7 Å². The van der Waals surface area contributed by atoms with Crippen molar-refractivity contribution < 1.29 is 9.53 Å². The van der Waals surface area contributed by atoms with Gasteiger partial charge in [-0.05, 0) is 69.4 Å². The number of carbonyl (C=O) groups is 1. The number of nitrogens with one attached hydrogen (secondary N) is 1. The maximum atomic E-state index is 12.8. The van der Waals surface area contributed by atoms with Crippen molar-refractivity contribution in [1.82, 2.24) is 20.3 Å². The van der Waals surface area contributed by atoms with E-state index in [0.717, 1.165) is 54.6 Å². The monoisotopic (exact) mass is 433 g/mol. The minimum absolute atomic E-state index is 0.0397. The van der Waals surface area contributed by atoms with Crippen molar-refractivity contribution in [2.45, 2.75) is 39.5 Å². The van der Waals surface area contributed by atoms with Gasteiger partial charge in [0.1, 0.15) is 5.75 Å². The van der Waals surface area contributed by atoms with Crippen LogP contribution in [0.15, 0.2) is 42.7 Å². The first-order valence-corrected chi connectivity index (χ1v) is 11.5. The van der Waals surface area contributed by atoms with Crippen molar-refractivity contribution in [1.29, 1.82) is 0 Å². The molecule has 1 fully saturated rings. The molecule has 3 heterocycles. The zero-order valence-corrected chi connectivity index (χ0v) is 18.9. The molecule has 4 rings (SSSR count). The summed E-state index contributed by atoms with van der Waals surface area (Å²) in [7, 11) is 0. The zero-order valence-electron chi connectivity index (χ0n) is 18.9. The van der Waals surface area contributed by atoms with Crippen molar-refractivity contribution in [3.63, 3.8) is 0 Å². The Morgan fingerprint density at radius 2 is 2.19 bits per heavy atom. The molecule has 1 N–H and O–H groups in total. The van der Waals surface area contributed by atoms with Gasteiger partial charge in [-0.15, -0.1) is 0 Å². The highest BCUT2D eigenvalue weighted by molar-refractivity contribution is 5.83. The topological polar surface area (TPSA) is 80.2 Å². The highest BCUT2D eigenvalue weighted by Crippen LogP contribution is 2.26. The predicted octanol–water partition coefficient (Wildman–Crippen LogP) is 3.70. The van der Waals surface area contributed by atoms with Gasteiger partial charge in [0, 0.05) is 37.4 Å². The van der Waals surface area contributed by atoms with E-state index in [1.54, 1.807) is 6.20 Å². The van der Waals surface area contributed by atoms with E-state index in [9.17, 15) is 4.79 Å². The number of hydrogen-bond donors (Lipinski definition) is 1. The lowest BCUT2D eigenvalue weighted by Crippen LogP contribution is -2.44. The summed E-state index contributed by atoms with van der Waals surface area (Å²) in [6.45, 7) is 6.80. The fraction of sp³-hybridized carbons (Fsp3) is 0.440. The molecule has 1 atom stereocenters. The van der Waals surface area contributed by atoms with Gasteiger partial charge in [0.2, 0.25) is 11.9 Å². The summed E-state index contributed by atoms with van der Waals surface area (Å²) in [5, 5.41) is 4.11. The fourth-order valence-corrected chi connectivity index (χ4v) is 4.21. The minimum Gasteiger partial charge on any atom is -0.494 e. The molecule has 1 aliphatic heterocycles. The fourth-order valence-electron chi connectivity index (χ4n) is 4.21. The highest BCUT2D eigenvalue weighted by Gasteiger charge is 2.27. The van der Waals surface area contributed by atoms with E-state index < -0.39 is 0 Å². The molecule has 3 aromatic rings. The van der Waals surface area contributed by atoms with E-state index in [1.807, 2.05) is 44.3 Å². The second-order valence-electron chi connectivity index (χ2n) is 8.26. The van der Waals surface area contributed by atoms with Crippen LogP contribution in [0, 0.1) is 12.8 Å². The third-order valence-electron chi connectivity index (χ3n) is 5.90. The second-order valence-corrected chi connectivity index (χ2v) is 8.26. The van der Waals surface area contributed by atoms with Crippen molar-refractivity contribution >= 4 is 22.8 Å². The molecule has 1 aliphatic rings. The van der Waals surface area contributed by atoms with Gasteiger partial charge < -0.3 is 15.0 Å². The smallest absolute Gasteiger partial charge is 0.226 e. The summed E-state index contributed by atoms with van der Waals surface area (Å²) in [4.78, 5) is 28.6. The Balaban J connectivity index is 1.36. The number of amides is 1. The zero-order chi connectivity index (χ0) is 22.3. The van der Waals surface area contributed by atoms with Gasteiger partial charge in [0.25, 0.3) is 0 Å². The molecule has 0 radical (unpaired) electrons. The number of fused-ring (bicyclic) bond motifs is 1. The summed E-state index contributed by atoms with van der Waals surface area (Å²) in [5.74, 6) is 1.62. The van der Waals surface area contributed by atoms with E-state index >= 15 is 0 Å².